The summed E-state index contributed by atoms with van der Waals surface area (Å²) in [6.07, 6.45) is 2.05. The van der Waals surface area contributed by atoms with Crippen molar-refractivity contribution in [2.24, 2.45) is 0 Å². The molecule has 0 saturated carbocycles. The molecule has 3 nitrogen and oxygen atoms in total. The molecule has 0 aromatic heterocycles. The highest BCUT2D eigenvalue weighted by molar-refractivity contribution is 5.56. The smallest absolute Gasteiger partial charge is 0.0839 e. The summed E-state index contributed by atoms with van der Waals surface area (Å²) >= 11 is 0. The molecule has 0 bridgehead atoms. The lowest BCUT2D eigenvalue weighted by Gasteiger charge is -2.33. The minimum absolute atomic E-state index is 0.294. The van der Waals surface area contributed by atoms with Gasteiger partial charge in [0.05, 0.1) is 6.10 Å². The van der Waals surface area contributed by atoms with Crippen molar-refractivity contribution in [3.05, 3.63) is 29.3 Å². The molecular weight excluding hydrogens is 224 g/mol. The maximum Gasteiger partial charge on any atom is 0.0839 e. The summed E-state index contributed by atoms with van der Waals surface area (Å²) in [5.74, 6) is 0. The van der Waals surface area contributed by atoms with E-state index in [1.54, 1.807) is 0 Å². The van der Waals surface area contributed by atoms with Gasteiger partial charge in [-0.15, -0.1) is 0 Å². The van der Waals surface area contributed by atoms with Gasteiger partial charge in [0.2, 0.25) is 0 Å². The minimum atomic E-state index is -0.294. The van der Waals surface area contributed by atoms with E-state index in [2.05, 4.69) is 42.3 Å². The van der Waals surface area contributed by atoms with E-state index in [9.17, 15) is 5.11 Å². The van der Waals surface area contributed by atoms with Crippen molar-refractivity contribution in [2.45, 2.75) is 32.8 Å². The van der Waals surface area contributed by atoms with Crippen LogP contribution < -0.4 is 10.2 Å². The van der Waals surface area contributed by atoms with E-state index in [0.717, 1.165) is 26.1 Å². The third-order valence-corrected chi connectivity index (χ3v) is 3.51. The largest absolute Gasteiger partial charge is 0.390 e. The molecule has 0 spiro atoms. The third-order valence-electron chi connectivity index (χ3n) is 3.51. The molecule has 3 heteroatoms. The van der Waals surface area contributed by atoms with E-state index >= 15 is 0 Å². The van der Waals surface area contributed by atoms with Gasteiger partial charge >= 0.3 is 0 Å². The maximum atomic E-state index is 10.0. The highest BCUT2D eigenvalue weighted by atomic mass is 16.3. The number of aryl methyl sites for hydroxylation is 2. The summed E-state index contributed by atoms with van der Waals surface area (Å²) in [5.41, 5.74) is 4.06. The lowest BCUT2D eigenvalue weighted by Crippen LogP contribution is -2.40. The van der Waals surface area contributed by atoms with Gasteiger partial charge in [-0.05, 0) is 37.9 Å². The first-order valence-electron chi connectivity index (χ1n) is 6.94. The molecular formula is C15H24N2O. The van der Waals surface area contributed by atoms with Gasteiger partial charge in [0.15, 0.2) is 0 Å². The van der Waals surface area contributed by atoms with Crippen molar-refractivity contribution in [3.8, 4) is 0 Å². The highest BCUT2D eigenvalue weighted by Crippen LogP contribution is 2.27. The number of fused-ring (bicyclic) bond motifs is 1. The van der Waals surface area contributed by atoms with Crippen LogP contribution in [0.1, 0.15) is 24.5 Å². The number of benzene rings is 1. The van der Waals surface area contributed by atoms with Crippen LogP contribution in [0.15, 0.2) is 18.2 Å². The number of aliphatic hydroxyl groups is 1. The second-order valence-electron chi connectivity index (χ2n) is 5.14. The number of β-amino-alcohol motifs (C(OH)–C–C–N with tert-alkyl or cyclic N) is 1. The number of anilines is 1. The minimum Gasteiger partial charge on any atom is -0.390 e. The zero-order valence-electron chi connectivity index (χ0n) is 11.4. The Morgan fingerprint density at radius 2 is 2.28 bits per heavy atom. The Kier molecular flexibility index (Phi) is 4.61. The molecule has 0 aliphatic carbocycles. The van der Waals surface area contributed by atoms with Crippen molar-refractivity contribution >= 4 is 5.69 Å². The Bertz CT molecular complexity index is 392. The van der Waals surface area contributed by atoms with E-state index in [4.69, 9.17) is 0 Å². The Balaban J connectivity index is 2.03. The quantitative estimate of drug-likeness (QED) is 0.833. The molecule has 0 saturated heterocycles. The first kappa shape index (κ1) is 13.4. The van der Waals surface area contributed by atoms with Crippen molar-refractivity contribution in [1.82, 2.24) is 5.32 Å². The van der Waals surface area contributed by atoms with Crippen molar-refractivity contribution in [3.63, 3.8) is 0 Å². The molecule has 1 unspecified atom stereocenters. The van der Waals surface area contributed by atoms with Crippen LogP contribution in [0.2, 0.25) is 0 Å². The van der Waals surface area contributed by atoms with Gasteiger partial charge in [-0.25, -0.2) is 0 Å². The fourth-order valence-electron chi connectivity index (χ4n) is 2.62. The van der Waals surface area contributed by atoms with E-state index in [1.165, 1.54) is 23.2 Å². The van der Waals surface area contributed by atoms with Gasteiger partial charge in [0.1, 0.15) is 0 Å². The van der Waals surface area contributed by atoms with Gasteiger partial charge in [-0.1, -0.05) is 24.6 Å². The monoisotopic (exact) mass is 248 g/mol. The van der Waals surface area contributed by atoms with Crippen LogP contribution in [0, 0.1) is 6.92 Å². The Labute approximate surface area is 110 Å². The molecule has 0 fully saturated rings. The summed E-state index contributed by atoms with van der Waals surface area (Å²) in [6.45, 7) is 7.56. The van der Waals surface area contributed by atoms with Crippen molar-refractivity contribution < 1.29 is 5.11 Å². The van der Waals surface area contributed by atoms with E-state index in [0.29, 0.717) is 6.54 Å². The summed E-state index contributed by atoms with van der Waals surface area (Å²) < 4.78 is 0. The maximum absolute atomic E-state index is 10.0. The van der Waals surface area contributed by atoms with Gasteiger partial charge in [-0.2, -0.15) is 0 Å². The number of rotatable bonds is 5. The Morgan fingerprint density at radius 1 is 1.44 bits per heavy atom. The molecule has 18 heavy (non-hydrogen) atoms. The van der Waals surface area contributed by atoms with E-state index in [-0.39, 0.29) is 6.10 Å². The molecule has 2 rings (SSSR count). The molecule has 1 heterocycles. The van der Waals surface area contributed by atoms with E-state index in [1.807, 2.05) is 0 Å². The van der Waals surface area contributed by atoms with Gasteiger partial charge < -0.3 is 15.3 Å². The van der Waals surface area contributed by atoms with Crippen LogP contribution in [-0.2, 0) is 6.42 Å². The fourth-order valence-corrected chi connectivity index (χ4v) is 2.62. The predicted molar refractivity (Wildman–Crippen MR) is 76.3 cm³/mol. The molecule has 100 valence electrons. The zero-order chi connectivity index (χ0) is 13.0. The standard InChI is InChI=1S/C15H24N2O/c1-3-16-10-14(18)11-17-8-4-5-13-9-12(2)6-7-15(13)17/h6-7,9,14,16,18H,3-5,8,10-11H2,1-2H3. The second kappa shape index (κ2) is 6.21. The third kappa shape index (κ3) is 3.24. The molecule has 2 N–H and O–H groups in total. The number of aliphatic hydroxyl groups excluding tert-OH is 1. The van der Waals surface area contributed by atoms with Crippen LogP contribution in [0.25, 0.3) is 0 Å². The normalized spacial score (nSPS) is 16.5. The molecule has 0 radical (unpaired) electrons. The second-order valence-corrected chi connectivity index (χ2v) is 5.14. The number of likely N-dealkylation sites (N-methyl/N-ethyl adjacent to an activating group) is 1. The average Bonchev–Trinajstić information content (AvgIpc) is 2.36. The molecule has 1 aliphatic heterocycles. The summed E-state index contributed by atoms with van der Waals surface area (Å²) in [4.78, 5) is 2.32. The van der Waals surface area contributed by atoms with Gasteiger partial charge in [0.25, 0.3) is 0 Å². The highest BCUT2D eigenvalue weighted by Gasteiger charge is 2.18. The molecule has 1 aliphatic rings. The summed E-state index contributed by atoms with van der Waals surface area (Å²) in [6, 6.07) is 6.63. The van der Waals surface area contributed by atoms with Crippen molar-refractivity contribution in [2.75, 3.05) is 31.1 Å². The fraction of sp³-hybridized carbons (Fsp3) is 0.600. The molecule has 0 amide bonds. The summed E-state index contributed by atoms with van der Waals surface area (Å²) in [5, 5.41) is 13.2. The van der Waals surface area contributed by atoms with Crippen LogP contribution >= 0.6 is 0 Å². The lowest BCUT2D eigenvalue weighted by atomic mass is 9.99. The van der Waals surface area contributed by atoms with E-state index < -0.39 is 0 Å². The lowest BCUT2D eigenvalue weighted by molar-refractivity contribution is 0.177. The SMILES string of the molecule is CCNCC(O)CN1CCCc2cc(C)ccc21. The molecule has 1 aromatic rings. The van der Waals surface area contributed by atoms with Crippen LogP contribution in [0.3, 0.4) is 0 Å². The number of hydrogen-bond acceptors (Lipinski definition) is 3. The van der Waals surface area contributed by atoms with Crippen LogP contribution in [0.4, 0.5) is 5.69 Å². The molecule has 1 aromatic carbocycles. The Morgan fingerprint density at radius 3 is 3.06 bits per heavy atom. The average molecular weight is 248 g/mol. The summed E-state index contributed by atoms with van der Waals surface area (Å²) in [7, 11) is 0. The van der Waals surface area contributed by atoms with Crippen LogP contribution in [0.5, 0.6) is 0 Å². The first-order valence-corrected chi connectivity index (χ1v) is 6.94. The van der Waals surface area contributed by atoms with Crippen molar-refractivity contribution in [1.29, 1.82) is 0 Å². The van der Waals surface area contributed by atoms with Gasteiger partial charge in [0, 0.05) is 25.3 Å². The number of nitrogens with zero attached hydrogens (tertiary/aromatic N) is 1. The number of hydrogen-bond donors (Lipinski definition) is 2. The topological polar surface area (TPSA) is 35.5 Å². The van der Waals surface area contributed by atoms with Gasteiger partial charge in [-0.3, -0.25) is 0 Å². The molecule has 1 atom stereocenters. The number of nitrogens with one attached hydrogen (secondary N) is 1. The predicted octanol–water partition coefficient (Wildman–Crippen LogP) is 1.72. The van der Waals surface area contributed by atoms with Crippen LogP contribution in [-0.4, -0.2) is 37.4 Å². The Hall–Kier alpha value is -1.06. The zero-order valence-corrected chi connectivity index (χ0v) is 11.4. The first-order chi connectivity index (χ1) is 8.70.